The van der Waals surface area contributed by atoms with Crippen molar-refractivity contribution in [3.63, 3.8) is 0 Å². The standard InChI is InChI=1S/C35H45N3O11.C30H36N4O11/c1-23(20-24(2)34(45)49-35(3,4)5)21-25-6-7-27(48-33(44)13-17-47-19-15-38-31(42)10-11-32(38)43)26(22-25)36-28(39)12-16-46-18-14-37-29(40)8-9-30(37)41;1-19(30(41)42)16-21(31)17-20-2-3-23(45-29(40)9-13-44-15-11-34-27(38)6-7-28(34)39)22(18-20)32-24(35)8-12-43-14-10-33-25(36)4-5-26(33)37/h6-11,22-24H,12-21H2,1-5H3,(H,36,39);2-7,18-19,21H,8-17,31H2,1H3,(H,32,35)(H,41,42)/p+1/t23-,24?;19?,21-/m11/s1. The normalized spacial score (nSPS) is 15.6. The van der Waals surface area contributed by atoms with E-state index < -0.39 is 88.5 Å². The van der Waals surface area contributed by atoms with E-state index >= 15 is 0 Å². The first kappa shape index (κ1) is 75.3. The summed E-state index contributed by atoms with van der Waals surface area (Å²) in [7, 11) is 0. The molecule has 2 unspecified atom stereocenters. The fourth-order valence-corrected chi connectivity index (χ4v) is 9.44. The third-order valence-corrected chi connectivity index (χ3v) is 14.2. The molecular formula is C65H82N7O22+. The van der Waals surface area contributed by atoms with Crippen molar-refractivity contribution in [3.8, 4) is 11.5 Å². The smallest absolute Gasteiger partial charge is 0.313 e. The molecule has 2 aromatic carbocycles. The highest BCUT2D eigenvalue weighted by atomic mass is 16.6. The van der Waals surface area contributed by atoms with Crippen LogP contribution in [0.4, 0.5) is 11.4 Å². The van der Waals surface area contributed by atoms with Gasteiger partial charge in [-0.1, -0.05) is 32.9 Å². The number of carboxylic acid groups (broad SMARTS) is 1. The molecule has 508 valence electrons. The molecule has 4 atom stereocenters. The largest absolute Gasteiger partial charge is 0.481 e. The molecule has 29 heteroatoms. The molecule has 29 nitrogen and oxygen atoms in total. The van der Waals surface area contributed by atoms with Crippen molar-refractivity contribution >= 4 is 94.3 Å². The highest BCUT2D eigenvalue weighted by Gasteiger charge is 2.28. The number of nitrogens with one attached hydrogen (secondary N) is 2. The summed E-state index contributed by atoms with van der Waals surface area (Å²) in [6.07, 6.45) is 10.9. The van der Waals surface area contributed by atoms with Gasteiger partial charge in [0.15, 0.2) is 11.5 Å². The van der Waals surface area contributed by atoms with E-state index in [-0.39, 0.29) is 151 Å². The van der Waals surface area contributed by atoms with Gasteiger partial charge in [0.1, 0.15) is 5.60 Å². The Morgan fingerprint density at radius 1 is 0.468 bits per heavy atom. The van der Waals surface area contributed by atoms with Gasteiger partial charge in [-0.25, -0.2) is 0 Å². The molecule has 10 amide bonds. The van der Waals surface area contributed by atoms with Crippen molar-refractivity contribution in [2.75, 3.05) is 89.7 Å². The average molecular weight is 1310 g/mol. The minimum Gasteiger partial charge on any atom is -0.481 e. The predicted molar refractivity (Wildman–Crippen MR) is 331 cm³/mol. The SMILES string of the molecule is CC(C[C@@H](C)Cc1ccc(OC(=O)CCOCCN2C(=O)C=CC2=O)c(NC(=O)CCOCCN2C(=O)C=CC2=O)c1)C(=O)OC(C)(C)C.CC(C[C@@H]([NH3+])Cc1ccc(OC(=O)CCOCCN2C(=O)C=CC2=O)c(NC(=O)CCOCCN2C(=O)C=CC2=O)c1)C(=O)O. The van der Waals surface area contributed by atoms with Gasteiger partial charge in [-0.3, -0.25) is 86.7 Å². The van der Waals surface area contributed by atoms with E-state index in [9.17, 15) is 72.2 Å². The van der Waals surface area contributed by atoms with Crippen molar-refractivity contribution in [2.24, 2.45) is 17.8 Å². The van der Waals surface area contributed by atoms with Crippen LogP contribution in [0.25, 0.3) is 0 Å². The fourth-order valence-electron chi connectivity index (χ4n) is 9.44. The molecule has 0 bridgehead atoms. The van der Waals surface area contributed by atoms with Crippen LogP contribution in [-0.2, 0) is 104 Å². The highest BCUT2D eigenvalue weighted by Crippen LogP contribution is 2.30. The second-order valence-electron chi connectivity index (χ2n) is 23.3. The van der Waals surface area contributed by atoms with Crippen LogP contribution in [-0.4, -0.2) is 198 Å². The monoisotopic (exact) mass is 1310 g/mol. The number of rotatable bonds is 38. The van der Waals surface area contributed by atoms with Crippen LogP contribution in [0.5, 0.6) is 11.5 Å². The second-order valence-corrected chi connectivity index (χ2v) is 23.3. The van der Waals surface area contributed by atoms with E-state index in [1.54, 1.807) is 37.3 Å². The number of carbonyl (C=O) groups is 14. The maximum Gasteiger partial charge on any atom is 0.313 e. The Balaban J connectivity index is 0.000000342. The van der Waals surface area contributed by atoms with Crippen LogP contribution in [0.3, 0.4) is 0 Å². The van der Waals surface area contributed by atoms with Crippen molar-refractivity contribution < 1.29 is 111 Å². The zero-order valence-corrected chi connectivity index (χ0v) is 53.6. The fraction of sp³-hybridized carbons (Fsp3) is 0.477. The lowest BCUT2D eigenvalue weighted by atomic mass is 9.91. The van der Waals surface area contributed by atoms with Gasteiger partial charge in [-0.05, 0) is 74.9 Å². The number of anilines is 2. The molecule has 0 aromatic heterocycles. The number of benzene rings is 2. The molecule has 0 saturated heterocycles. The first-order valence-corrected chi connectivity index (χ1v) is 30.6. The number of ether oxygens (including phenoxy) is 7. The number of imide groups is 4. The molecule has 6 N–H and O–H groups in total. The third-order valence-electron chi connectivity index (χ3n) is 14.2. The Hall–Kier alpha value is -9.42. The van der Waals surface area contributed by atoms with E-state index in [0.29, 0.717) is 25.7 Å². The summed E-state index contributed by atoms with van der Waals surface area (Å²) in [5, 5.41) is 14.7. The highest BCUT2D eigenvalue weighted by molar-refractivity contribution is 6.14. The van der Waals surface area contributed by atoms with Crippen LogP contribution < -0.4 is 25.8 Å². The lowest BCUT2D eigenvalue weighted by molar-refractivity contribution is -0.422. The summed E-state index contributed by atoms with van der Waals surface area (Å²) in [4.78, 5) is 172. The zero-order chi connectivity index (χ0) is 69.1. The number of esters is 3. The predicted octanol–water partition coefficient (Wildman–Crippen LogP) is 2.20. The van der Waals surface area contributed by atoms with E-state index in [4.69, 9.17) is 33.2 Å². The number of amides is 10. The number of aliphatic carboxylic acids is 1. The maximum atomic E-state index is 12.9. The first-order chi connectivity index (χ1) is 44.6. The van der Waals surface area contributed by atoms with Crippen LogP contribution >= 0.6 is 0 Å². The molecule has 4 aliphatic heterocycles. The molecular weight excluding hydrogens is 1230 g/mol. The Bertz CT molecular complexity index is 3200. The van der Waals surface area contributed by atoms with Gasteiger partial charge in [-0.15, -0.1) is 0 Å². The zero-order valence-electron chi connectivity index (χ0n) is 53.6. The van der Waals surface area contributed by atoms with Crippen molar-refractivity contribution in [3.05, 3.63) is 96.1 Å². The van der Waals surface area contributed by atoms with Crippen LogP contribution in [0.15, 0.2) is 85.0 Å². The molecule has 4 aliphatic rings. The number of nitrogens with zero attached hydrogens (tertiary/aromatic N) is 4. The van der Waals surface area contributed by atoms with Gasteiger partial charge in [0.2, 0.25) is 11.8 Å². The van der Waals surface area contributed by atoms with E-state index in [2.05, 4.69) is 16.4 Å². The minimum atomic E-state index is -0.921. The molecule has 0 saturated carbocycles. The molecule has 4 heterocycles. The summed E-state index contributed by atoms with van der Waals surface area (Å²) in [6, 6.07) is 9.67. The van der Waals surface area contributed by atoms with Crippen molar-refractivity contribution in [1.29, 1.82) is 0 Å². The van der Waals surface area contributed by atoms with Gasteiger partial charge in [0.25, 0.3) is 47.3 Å². The number of hydrogen-bond donors (Lipinski definition) is 4. The summed E-state index contributed by atoms with van der Waals surface area (Å²) in [5.41, 5.74) is 5.50. The van der Waals surface area contributed by atoms with E-state index in [0.717, 1.165) is 30.7 Å². The number of quaternary nitrogens is 1. The summed E-state index contributed by atoms with van der Waals surface area (Å²) < 4.78 is 38.2. The molecule has 0 fully saturated rings. The van der Waals surface area contributed by atoms with E-state index in [1.165, 1.54) is 54.7 Å². The molecule has 2 aromatic rings. The maximum absolute atomic E-state index is 12.9. The minimum absolute atomic E-state index is 0.000347. The number of carboxylic acids is 1. The molecule has 0 radical (unpaired) electrons. The number of carbonyl (C=O) groups excluding carboxylic acids is 13. The molecule has 6 rings (SSSR count). The Kier molecular flexibility index (Phi) is 29.9. The van der Waals surface area contributed by atoms with Crippen LogP contribution in [0.2, 0.25) is 0 Å². The molecule has 0 spiro atoms. The topological polar surface area (TPSA) is 388 Å². The quantitative estimate of drug-likeness (QED) is 0.0324. The first-order valence-electron chi connectivity index (χ1n) is 30.6. The lowest BCUT2D eigenvalue weighted by Gasteiger charge is -2.23. The Morgan fingerprint density at radius 2 is 0.798 bits per heavy atom. The molecule has 0 aliphatic carbocycles. The number of hydrogen-bond acceptors (Lipinski definition) is 21. The summed E-state index contributed by atoms with van der Waals surface area (Å²) >= 11 is 0. The summed E-state index contributed by atoms with van der Waals surface area (Å²) in [6.45, 7) is 11.3. The van der Waals surface area contributed by atoms with Crippen LogP contribution in [0.1, 0.15) is 91.2 Å². The van der Waals surface area contributed by atoms with Gasteiger partial charge in [-0.2, -0.15) is 0 Å². The van der Waals surface area contributed by atoms with Gasteiger partial charge < -0.3 is 54.6 Å². The molecule has 94 heavy (non-hydrogen) atoms. The summed E-state index contributed by atoms with van der Waals surface area (Å²) in [5.74, 6) is -7.34. The second kappa shape index (κ2) is 37.3. The van der Waals surface area contributed by atoms with Crippen molar-refractivity contribution in [2.45, 2.75) is 105 Å². The van der Waals surface area contributed by atoms with E-state index in [1.807, 2.05) is 34.6 Å². The van der Waals surface area contributed by atoms with Gasteiger partial charge >= 0.3 is 23.9 Å². The lowest BCUT2D eigenvalue weighted by Crippen LogP contribution is -2.62. The Labute approximate surface area is 542 Å². The van der Waals surface area contributed by atoms with Gasteiger partial charge in [0.05, 0.1) is 134 Å². The average Bonchev–Trinajstić information content (AvgIpc) is 1.61. The van der Waals surface area contributed by atoms with Gasteiger partial charge in [0, 0.05) is 61.4 Å². The van der Waals surface area contributed by atoms with Crippen molar-refractivity contribution in [1.82, 2.24) is 19.6 Å². The third kappa shape index (κ3) is 25.9. The Morgan fingerprint density at radius 3 is 1.13 bits per heavy atom. The van der Waals surface area contributed by atoms with Crippen LogP contribution in [0, 0.1) is 17.8 Å².